The molecule has 0 radical (unpaired) electrons. The van der Waals surface area contributed by atoms with Crippen molar-refractivity contribution in [3.8, 4) is 22.8 Å². The van der Waals surface area contributed by atoms with Gasteiger partial charge in [-0.05, 0) is 29.8 Å². The number of phenolic OH excluding ortho intramolecular Hbond substituents is 1. The van der Waals surface area contributed by atoms with Gasteiger partial charge >= 0.3 is 0 Å². The van der Waals surface area contributed by atoms with E-state index in [4.69, 9.17) is 27.9 Å². The van der Waals surface area contributed by atoms with Crippen LogP contribution in [0.15, 0.2) is 42.6 Å². The zero-order chi connectivity index (χ0) is 18.0. The summed E-state index contributed by atoms with van der Waals surface area (Å²) in [6.45, 7) is 0.544. The minimum Gasteiger partial charge on any atom is -0.504 e. The number of nitrogens with one attached hydrogen (secondary N) is 1. The number of phenols is 1. The van der Waals surface area contributed by atoms with Crippen LogP contribution in [-0.2, 0) is 13.6 Å². The van der Waals surface area contributed by atoms with Gasteiger partial charge in [0.2, 0.25) is 5.95 Å². The normalized spacial score (nSPS) is 10.7. The van der Waals surface area contributed by atoms with Crippen LogP contribution in [-0.4, -0.2) is 21.8 Å². The highest BCUT2D eigenvalue weighted by Crippen LogP contribution is 2.30. The highest BCUT2D eigenvalue weighted by atomic mass is 35.5. The molecule has 1 aromatic heterocycles. The molecule has 2 N–H and O–H groups in total. The molecule has 5 nitrogen and oxygen atoms in total. The van der Waals surface area contributed by atoms with Crippen LogP contribution in [0.2, 0.25) is 10.0 Å². The van der Waals surface area contributed by atoms with Crippen LogP contribution in [0.1, 0.15) is 5.56 Å². The van der Waals surface area contributed by atoms with Crippen molar-refractivity contribution in [1.29, 1.82) is 0 Å². The van der Waals surface area contributed by atoms with Crippen molar-refractivity contribution in [3.63, 3.8) is 0 Å². The Bertz CT molecular complexity index is 909. The Morgan fingerprint density at radius 3 is 2.68 bits per heavy atom. The third-order valence-corrected chi connectivity index (χ3v) is 4.64. The number of aromatic hydroxyl groups is 1. The van der Waals surface area contributed by atoms with Crippen molar-refractivity contribution in [3.05, 3.63) is 58.2 Å². The Morgan fingerprint density at radius 1 is 1.16 bits per heavy atom. The second kappa shape index (κ2) is 7.25. The standard InChI is InChI=1S/C18H17Cl2N3O2/c1-23-15(12-4-5-13(19)14(20)8-12)10-22-18(23)21-9-11-3-6-16(24)17(7-11)25-2/h3-8,10,24H,9H2,1-2H3,(H,21,22). The summed E-state index contributed by atoms with van der Waals surface area (Å²) in [5, 5.41) is 14.0. The van der Waals surface area contributed by atoms with Gasteiger partial charge in [-0.15, -0.1) is 0 Å². The van der Waals surface area contributed by atoms with Gasteiger partial charge in [-0.3, -0.25) is 0 Å². The van der Waals surface area contributed by atoms with E-state index in [9.17, 15) is 5.11 Å². The van der Waals surface area contributed by atoms with E-state index in [1.54, 1.807) is 24.4 Å². The van der Waals surface area contributed by atoms with Crippen LogP contribution in [0.5, 0.6) is 11.5 Å². The lowest BCUT2D eigenvalue weighted by molar-refractivity contribution is 0.373. The minimum absolute atomic E-state index is 0.116. The van der Waals surface area contributed by atoms with E-state index in [1.165, 1.54) is 7.11 Å². The van der Waals surface area contributed by atoms with Gasteiger partial charge in [-0.2, -0.15) is 0 Å². The lowest BCUT2D eigenvalue weighted by Crippen LogP contribution is -2.05. The van der Waals surface area contributed by atoms with Gasteiger partial charge in [-0.1, -0.05) is 35.3 Å². The lowest BCUT2D eigenvalue weighted by atomic mass is 10.2. The summed E-state index contributed by atoms with van der Waals surface area (Å²) in [6.07, 6.45) is 1.78. The Morgan fingerprint density at radius 2 is 1.96 bits per heavy atom. The van der Waals surface area contributed by atoms with Gasteiger partial charge in [0.25, 0.3) is 0 Å². The smallest absolute Gasteiger partial charge is 0.203 e. The molecule has 0 aliphatic rings. The molecule has 25 heavy (non-hydrogen) atoms. The molecule has 0 aliphatic carbocycles. The summed E-state index contributed by atoms with van der Waals surface area (Å²) in [5.41, 5.74) is 2.82. The Labute approximate surface area is 155 Å². The van der Waals surface area contributed by atoms with Crippen LogP contribution >= 0.6 is 23.2 Å². The molecule has 0 atom stereocenters. The molecule has 1 heterocycles. The molecule has 7 heteroatoms. The third kappa shape index (κ3) is 3.67. The lowest BCUT2D eigenvalue weighted by Gasteiger charge is -2.10. The van der Waals surface area contributed by atoms with Gasteiger partial charge < -0.3 is 19.7 Å². The maximum atomic E-state index is 9.65. The van der Waals surface area contributed by atoms with E-state index in [2.05, 4.69) is 10.3 Å². The monoisotopic (exact) mass is 377 g/mol. The Balaban J connectivity index is 1.78. The Hall–Kier alpha value is -2.37. The third-order valence-electron chi connectivity index (χ3n) is 3.90. The van der Waals surface area contributed by atoms with Crippen molar-refractivity contribution in [2.24, 2.45) is 7.05 Å². The summed E-state index contributed by atoms with van der Waals surface area (Å²) >= 11 is 12.1. The van der Waals surface area contributed by atoms with E-state index < -0.39 is 0 Å². The molecule has 3 aromatic rings. The fourth-order valence-corrected chi connectivity index (χ4v) is 2.81. The van der Waals surface area contributed by atoms with E-state index in [-0.39, 0.29) is 5.75 Å². The fourth-order valence-electron chi connectivity index (χ4n) is 2.51. The fraction of sp³-hybridized carbons (Fsp3) is 0.167. The predicted molar refractivity (Wildman–Crippen MR) is 101 cm³/mol. The molecule has 0 saturated heterocycles. The quantitative estimate of drug-likeness (QED) is 0.675. The van der Waals surface area contributed by atoms with Gasteiger partial charge in [0.15, 0.2) is 11.5 Å². The predicted octanol–water partition coefficient (Wildman–Crippen LogP) is 4.72. The maximum absolute atomic E-state index is 9.65. The number of hydrogen-bond acceptors (Lipinski definition) is 4. The first-order valence-electron chi connectivity index (χ1n) is 7.56. The van der Waals surface area contributed by atoms with Gasteiger partial charge in [0.05, 0.1) is 29.0 Å². The average molecular weight is 378 g/mol. The zero-order valence-corrected chi connectivity index (χ0v) is 15.3. The average Bonchev–Trinajstić information content (AvgIpc) is 2.97. The topological polar surface area (TPSA) is 59.3 Å². The van der Waals surface area contributed by atoms with Crippen molar-refractivity contribution < 1.29 is 9.84 Å². The van der Waals surface area contributed by atoms with Crippen molar-refractivity contribution in [2.45, 2.75) is 6.54 Å². The van der Waals surface area contributed by atoms with Crippen molar-refractivity contribution >= 4 is 29.2 Å². The van der Waals surface area contributed by atoms with Crippen molar-refractivity contribution in [2.75, 3.05) is 12.4 Å². The van der Waals surface area contributed by atoms with Gasteiger partial charge in [-0.25, -0.2) is 4.98 Å². The summed E-state index contributed by atoms with van der Waals surface area (Å²) < 4.78 is 7.06. The Kier molecular flexibility index (Phi) is 5.06. The number of methoxy groups -OCH3 is 1. The molecule has 0 unspecified atom stereocenters. The van der Waals surface area contributed by atoms with Crippen molar-refractivity contribution in [1.82, 2.24) is 9.55 Å². The second-order valence-corrected chi connectivity index (χ2v) is 6.33. The van der Waals surface area contributed by atoms with Gasteiger partial charge in [0, 0.05) is 19.2 Å². The zero-order valence-electron chi connectivity index (χ0n) is 13.8. The van der Waals surface area contributed by atoms with Crippen LogP contribution in [0.4, 0.5) is 5.95 Å². The van der Waals surface area contributed by atoms with E-state index in [1.807, 2.05) is 29.8 Å². The van der Waals surface area contributed by atoms with E-state index in [0.717, 1.165) is 16.8 Å². The summed E-state index contributed by atoms with van der Waals surface area (Å²) in [5.74, 6) is 1.27. The molecule has 0 spiro atoms. The van der Waals surface area contributed by atoms with Gasteiger partial charge in [0.1, 0.15) is 0 Å². The van der Waals surface area contributed by atoms with Crippen LogP contribution in [0, 0.1) is 0 Å². The van der Waals surface area contributed by atoms with Crippen LogP contribution in [0.3, 0.4) is 0 Å². The van der Waals surface area contributed by atoms with E-state index in [0.29, 0.717) is 28.3 Å². The number of hydrogen-bond donors (Lipinski definition) is 2. The number of rotatable bonds is 5. The molecular weight excluding hydrogens is 361 g/mol. The SMILES string of the molecule is COc1cc(CNc2ncc(-c3ccc(Cl)c(Cl)c3)n2C)ccc1O. The highest BCUT2D eigenvalue weighted by molar-refractivity contribution is 6.42. The first kappa shape index (κ1) is 17.5. The second-order valence-electron chi connectivity index (χ2n) is 5.51. The number of imidazole rings is 1. The molecule has 0 saturated carbocycles. The molecule has 0 amide bonds. The molecule has 0 bridgehead atoms. The maximum Gasteiger partial charge on any atom is 0.203 e. The summed E-state index contributed by atoms with van der Waals surface area (Å²) in [4.78, 5) is 4.41. The number of aromatic nitrogens is 2. The molecule has 0 aliphatic heterocycles. The number of nitrogens with zero attached hydrogens (tertiary/aromatic N) is 2. The first-order valence-corrected chi connectivity index (χ1v) is 8.32. The first-order chi connectivity index (χ1) is 12.0. The van der Waals surface area contributed by atoms with E-state index >= 15 is 0 Å². The minimum atomic E-state index is 0.116. The summed E-state index contributed by atoms with van der Waals surface area (Å²) in [7, 11) is 3.44. The van der Waals surface area contributed by atoms with Crippen LogP contribution < -0.4 is 10.1 Å². The molecule has 0 fully saturated rings. The largest absolute Gasteiger partial charge is 0.504 e. The summed E-state index contributed by atoms with van der Waals surface area (Å²) in [6, 6.07) is 10.7. The highest BCUT2D eigenvalue weighted by Gasteiger charge is 2.10. The number of ether oxygens (including phenoxy) is 1. The molecule has 130 valence electrons. The van der Waals surface area contributed by atoms with Crippen LogP contribution in [0.25, 0.3) is 11.3 Å². The molecule has 3 rings (SSSR count). The number of anilines is 1. The number of benzene rings is 2. The number of halogens is 2. The molecular formula is C18H17Cl2N3O2. The molecule has 2 aromatic carbocycles.